The van der Waals surface area contributed by atoms with Gasteiger partial charge in [-0.15, -0.1) is 10.2 Å². The molecular weight excluding hydrogens is 378 g/mol. The average Bonchev–Trinajstić information content (AvgIpc) is 3.24. The highest BCUT2D eigenvalue weighted by molar-refractivity contribution is 7.99. The average molecular weight is 387 g/mol. The molecule has 130 valence electrons. The molecule has 0 fully saturated rings. The van der Waals surface area contributed by atoms with Crippen molar-refractivity contribution in [2.45, 2.75) is 5.16 Å². The van der Waals surface area contributed by atoms with Crippen LogP contribution in [0.15, 0.2) is 35.6 Å². The molecule has 0 aliphatic carbocycles. The Bertz CT molecular complexity index is 1140. The molecule has 1 aromatic carbocycles. The van der Waals surface area contributed by atoms with Gasteiger partial charge in [-0.25, -0.2) is 9.97 Å². The van der Waals surface area contributed by atoms with Gasteiger partial charge in [0.1, 0.15) is 11.7 Å². The molecule has 0 radical (unpaired) electrons. The van der Waals surface area contributed by atoms with Crippen LogP contribution >= 0.6 is 23.1 Å². The SMILES string of the molecule is O=C(CSc1nnc2c(n1)[nH]c1ccccc12)Nc1ncc([N+](=O)[O-])s1. The Morgan fingerprint density at radius 1 is 1.35 bits per heavy atom. The number of fused-ring (bicyclic) bond motifs is 3. The number of aromatic nitrogens is 5. The van der Waals surface area contributed by atoms with E-state index in [2.05, 4.69) is 30.5 Å². The number of thiazole rings is 1. The Labute approximate surface area is 153 Å². The molecule has 4 rings (SSSR count). The van der Waals surface area contributed by atoms with Crippen LogP contribution in [0.3, 0.4) is 0 Å². The third kappa shape index (κ3) is 3.19. The van der Waals surface area contributed by atoms with Crippen molar-refractivity contribution in [3.05, 3.63) is 40.6 Å². The van der Waals surface area contributed by atoms with Crippen LogP contribution < -0.4 is 5.32 Å². The number of carbonyl (C=O) groups is 1. The van der Waals surface area contributed by atoms with Crippen LogP contribution in [0, 0.1) is 10.1 Å². The number of carbonyl (C=O) groups excluding carboxylic acids is 1. The molecule has 0 atom stereocenters. The molecular formula is C14H9N7O3S2. The summed E-state index contributed by atoms with van der Waals surface area (Å²) in [6.45, 7) is 0. The zero-order valence-corrected chi connectivity index (χ0v) is 14.5. The van der Waals surface area contributed by atoms with Crippen LogP contribution in [0.5, 0.6) is 0 Å². The molecule has 1 amide bonds. The van der Waals surface area contributed by atoms with Crippen LogP contribution in [-0.2, 0) is 4.79 Å². The molecule has 0 bridgehead atoms. The largest absolute Gasteiger partial charge is 0.345 e. The van der Waals surface area contributed by atoms with Crippen molar-refractivity contribution in [2.24, 2.45) is 0 Å². The van der Waals surface area contributed by atoms with Crippen molar-refractivity contribution in [2.75, 3.05) is 11.1 Å². The molecule has 0 aliphatic rings. The van der Waals surface area contributed by atoms with Gasteiger partial charge in [0.15, 0.2) is 10.8 Å². The van der Waals surface area contributed by atoms with Crippen LogP contribution in [0.25, 0.3) is 22.1 Å². The number of aromatic amines is 1. The Kier molecular flexibility index (Phi) is 4.18. The van der Waals surface area contributed by atoms with E-state index in [0.717, 1.165) is 40.2 Å². The van der Waals surface area contributed by atoms with Crippen molar-refractivity contribution in [3.8, 4) is 0 Å². The maximum Gasteiger partial charge on any atom is 0.345 e. The van der Waals surface area contributed by atoms with E-state index in [9.17, 15) is 14.9 Å². The highest BCUT2D eigenvalue weighted by atomic mass is 32.2. The lowest BCUT2D eigenvalue weighted by Crippen LogP contribution is -2.14. The number of hydrogen-bond acceptors (Lipinski definition) is 9. The van der Waals surface area contributed by atoms with Gasteiger partial charge in [-0.1, -0.05) is 30.0 Å². The molecule has 2 N–H and O–H groups in total. The minimum absolute atomic E-state index is 0.0286. The van der Waals surface area contributed by atoms with E-state index < -0.39 is 4.92 Å². The number of nitrogens with zero attached hydrogens (tertiary/aromatic N) is 5. The summed E-state index contributed by atoms with van der Waals surface area (Å²) in [5, 5.41) is 22.7. The third-order valence-electron chi connectivity index (χ3n) is 3.35. The molecule has 0 spiro atoms. The number of benzene rings is 1. The monoisotopic (exact) mass is 387 g/mol. The van der Waals surface area contributed by atoms with Gasteiger partial charge in [0.05, 0.1) is 10.7 Å². The van der Waals surface area contributed by atoms with Crippen molar-refractivity contribution in [1.29, 1.82) is 0 Å². The molecule has 0 saturated heterocycles. The van der Waals surface area contributed by atoms with E-state index in [1.807, 2.05) is 24.3 Å². The molecule has 0 saturated carbocycles. The maximum absolute atomic E-state index is 12.0. The second-order valence-electron chi connectivity index (χ2n) is 5.06. The molecule has 4 aromatic rings. The minimum atomic E-state index is -0.558. The fourth-order valence-electron chi connectivity index (χ4n) is 2.26. The van der Waals surface area contributed by atoms with Crippen LogP contribution in [-0.4, -0.2) is 41.7 Å². The van der Waals surface area contributed by atoms with Gasteiger partial charge in [-0.2, -0.15) is 0 Å². The Morgan fingerprint density at radius 3 is 3.00 bits per heavy atom. The van der Waals surface area contributed by atoms with Crippen LogP contribution in [0.4, 0.5) is 10.1 Å². The van der Waals surface area contributed by atoms with Gasteiger partial charge >= 0.3 is 5.00 Å². The van der Waals surface area contributed by atoms with E-state index >= 15 is 0 Å². The van der Waals surface area contributed by atoms with Gasteiger partial charge in [0.25, 0.3) is 0 Å². The number of H-pyrrole nitrogens is 1. The Hall–Kier alpha value is -3.12. The Morgan fingerprint density at radius 2 is 2.19 bits per heavy atom. The summed E-state index contributed by atoms with van der Waals surface area (Å²) in [7, 11) is 0. The zero-order chi connectivity index (χ0) is 18.1. The van der Waals surface area contributed by atoms with Crippen molar-refractivity contribution in [3.63, 3.8) is 0 Å². The second kappa shape index (κ2) is 6.65. The highest BCUT2D eigenvalue weighted by Crippen LogP contribution is 2.26. The number of rotatable bonds is 5. The predicted octanol–water partition coefficient (Wildman–Crippen LogP) is 2.60. The smallest absolute Gasteiger partial charge is 0.338 e. The number of amides is 1. The van der Waals surface area contributed by atoms with E-state index in [-0.39, 0.29) is 21.8 Å². The van der Waals surface area contributed by atoms with Crippen molar-refractivity contribution < 1.29 is 9.72 Å². The summed E-state index contributed by atoms with van der Waals surface area (Å²) >= 11 is 1.91. The lowest BCUT2D eigenvalue weighted by molar-refractivity contribution is -0.380. The summed E-state index contributed by atoms with van der Waals surface area (Å²) in [6, 6.07) is 7.67. The van der Waals surface area contributed by atoms with Gasteiger partial charge < -0.3 is 10.3 Å². The summed E-state index contributed by atoms with van der Waals surface area (Å²) in [6.07, 6.45) is 1.10. The van der Waals surface area contributed by atoms with E-state index in [0.29, 0.717) is 16.3 Å². The quantitative estimate of drug-likeness (QED) is 0.302. The lowest BCUT2D eigenvalue weighted by atomic mass is 10.2. The molecule has 0 unspecified atom stereocenters. The standard InChI is InChI=1S/C14H9N7O3S2/c22-9(17-13-15-5-10(26-13)21(23)24)6-25-14-18-12-11(19-20-14)7-3-1-2-4-8(7)16-12/h1-5H,6H2,(H,15,17,22)(H,16,18,20). The summed E-state index contributed by atoms with van der Waals surface area (Å²) in [5.74, 6) is -0.333. The number of nitro groups is 1. The van der Waals surface area contributed by atoms with Gasteiger partial charge in [0, 0.05) is 10.9 Å². The predicted molar refractivity (Wildman–Crippen MR) is 97.3 cm³/mol. The van der Waals surface area contributed by atoms with Crippen LogP contribution in [0.1, 0.15) is 0 Å². The first-order valence-corrected chi connectivity index (χ1v) is 9.04. The zero-order valence-electron chi connectivity index (χ0n) is 12.9. The normalized spacial score (nSPS) is 11.1. The van der Waals surface area contributed by atoms with E-state index in [1.54, 1.807) is 0 Å². The number of para-hydroxylation sites is 1. The Balaban J connectivity index is 1.44. The molecule has 12 heteroatoms. The lowest BCUT2D eigenvalue weighted by Gasteiger charge is -2.00. The number of anilines is 1. The van der Waals surface area contributed by atoms with Gasteiger partial charge in [0.2, 0.25) is 11.1 Å². The highest BCUT2D eigenvalue weighted by Gasteiger charge is 2.14. The first-order valence-electron chi connectivity index (χ1n) is 7.24. The minimum Gasteiger partial charge on any atom is -0.338 e. The first-order chi connectivity index (χ1) is 12.6. The summed E-state index contributed by atoms with van der Waals surface area (Å²) in [4.78, 5) is 33.3. The van der Waals surface area contributed by atoms with Gasteiger partial charge in [-0.05, 0) is 17.4 Å². The van der Waals surface area contributed by atoms with E-state index in [1.165, 1.54) is 0 Å². The summed E-state index contributed by atoms with van der Waals surface area (Å²) < 4.78 is 0. The topological polar surface area (TPSA) is 140 Å². The van der Waals surface area contributed by atoms with E-state index in [4.69, 9.17) is 0 Å². The van der Waals surface area contributed by atoms with Crippen molar-refractivity contribution in [1.82, 2.24) is 25.1 Å². The van der Waals surface area contributed by atoms with Crippen molar-refractivity contribution >= 4 is 61.2 Å². The molecule has 26 heavy (non-hydrogen) atoms. The maximum atomic E-state index is 12.0. The van der Waals surface area contributed by atoms with Crippen LogP contribution in [0.2, 0.25) is 0 Å². The molecule has 3 heterocycles. The first kappa shape index (κ1) is 16.4. The number of hydrogen-bond donors (Lipinski definition) is 2. The van der Waals surface area contributed by atoms with Gasteiger partial charge in [-0.3, -0.25) is 14.9 Å². The fraction of sp³-hybridized carbons (Fsp3) is 0.0714. The number of nitrogens with one attached hydrogen (secondary N) is 2. The molecule has 0 aliphatic heterocycles. The summed E-state index contributed by atoms with van der Waals surface area (Å²) in [5.41, 5.74) is 2.18. The molecule has 3 aromatic heterocycles. The fourth-order valence-corrected chi connectivity index (χ4v) is 3.50. The second-order valence-corrected chi connectivity index (χ2v) is 7.01. The third-order valence-corrected chi connectivity index (χ3v) is 5.06. The molecule has 10 nitrogen and oxygen atoms in total. The number of thioether (sulfide) groups is 1.